The minimum Gasteiger partial charge on any atom is -0.481 e. The van der Waals surface area contributed by atoms with E-state index in [0.717, 1.165) is 0 Å². The van der Waals surface area contributed by atoms with E-state index in [1.54, 1.807) is 13.8 Å². The number of carboxylic acids is 2. The molecule has 30 heavy (non-hydrogen) atoms. The number of rotatable bonds is 14. The van der Waals surface area contributed by atoms with Gasteiger partial charge >= 0.3 is 11.9 Å². The van der Waals surface area contributed by atoms with Crippen molar-refractivity contribution < 1.29 is 39.0 Å². The number of primary amides is 1. The highest BCUT2D eigenvalue weighted by atomic mass is 16.4. The molecule has 0 saturated carbocycles. The van der Waals surface area contributed by atoms with Crippen molar-refractivity contribution in [2.75, 3.05) is 6.54 Å². The summed E-state index contributed by atoms with van der Waals surface area (Å²) in [5.41, 5.74) is 10.2. The zero-order valence-corrected chi connectivity index (χ0v) is 16.8. The van der Waals surface area contributed by atoms with Gasteiger partial charge in [0.15, 0.2) is 0 Å². The maximum atomic E-state index is 12.5. The summed E-state index contributed by atoms with van der Waals surface area (Å²) in [4.78, 5) is 69.9. The van der Waals surface area contributed by atoms with Gasteiger partial charge in [0.1, 0.15) is 18.1 Å². The van der Waals surface area contributed by atoms with Crippen LogP contribution < -0.4 is 27.4 Å². The Kier molecular flexibility index (Phi) is 11.7. The molecular weight excluding hydrogens is 402 g/mol. The molecule has 0 aliphatic rings. The van der Waals surface area contributed by atoms with Crippen LogP contribution in [0.5, 0.6) is 0 Å². The van der Waals surface area contributed by atoms with E-state index in [4.69, 9.17) is 16.6 Å². The van der Waals surface area contributed by atoms with Gasteiger partial charge in [-0.15, -0.1) is 0 Å². The Bertz CT molecular complexity index is 667. The van der Waals surface area contributed by atoms with Crippen molar-refractivity contribution in [1.82, 2.24) is 16.0 Å². The molecule has 13 nitrogen and oxygen atoms in total. The summed E-state index contributed by atoms with van der Waals surface area (Å²) in [6.07, 6.45) is -1.23. The molecule has 4 amide bonds. The molecule has 0 bridgehead atoms. The second-order valence-electron chi connectivity index (χ2n) is 7.02. The van der Waals surface area contributed by atoms with Gasteiger partial charge in [-0.3, -0.25) is 24.0 Å². The molecule has 0 aromatic heterocycles. The van der Waals surface area contributed by atoms with E-state index in [-0.39, 0.29) is 25.2 Å². The maximum Gasteiger partial charge on any atom is 0.326 e. The molecule has 0 spiro atoms. The molecule has 0 rings (SSSR count). The molecule has 0 aliphatic carbocycles. The van der Waals surface area contributed by atoms with Gasteiger partial charge in [0.25, 0.3) is 0 Å². The average molecular weight is 431 g/mol. The Labute approximate surface area is 172 Å². The van der Waals surface area contributed by atoms with Crippen molar-refractivity contribution >= 4 is 35.6 Å². The summed E-state index contributed by atoms with van der Waals surface area (Å²) < 4.78 is 0. The fourth-order valence-electron chi connectivity index (χ4n) is 2.43. The number of aliphatic carboxylic acids is 2. The van der Waals surface area contributed by atoms with E-state index in [1.165, 1.54) is 0 Å². The first kappa shape index (κ1) is 26.8. The minimum atomic E-state index is -1.62. The fraction of sp³-hybridized carbons (Fsp3) is 0.647. The van der Waals surface area contributed by atoms with E-state index in [0.29, 0.717) is 0 Å². The number of carbonyl (C=O) groups excluding carboxylic acids is 4. The molecule has 0 aromatic rings. The van der Waals surface area contributed by atoms with E-state index in [1.807, 2.05) is 0 Å². The second-order valence-corrected chi connectivity index (χ2v) is 7.02. The lowest BCUT2D eigenvalue weighted by Crippen LogP contribution is -2.56. The smallest absolute Gasteiger partial charge is 0.326 e. The highest BCUT2D eigenvalue weighted by molar-refractivity contribution is 5.95. The largest absolute Gasteiger partial charge is 0.481 e. The van der Waals surface area contributed by atoms with E-state index in [9.17, 15) is 33.9 Å². The van der Waals surface area contributed by atoms with Crippen LogP contribution in [0.1, 0.15) is 39.5 Å². The lowest BCUT2D eigenvalue weighted by Gasteiger charge is -2.24. The molecule has 0 aliphatic heterocycles. The van der Waals surface area contributed by atoms with Crippen LogP contribution in [-0.4, -0.2) is 70.5 Å². The predicted octanol–water partition coefficient (Wildman–Crippen LogP) is -2.73. The van der Waals surface area contributed by atoms with E-state index >= 15 is 0 Å². The van der Waals surface area contributed by atoms with Crippen LogP contribution in [0, 0.1) is 5.92 Å². The summed E-state index contributed by atoms with van der Waals surface area (Å²) in [5.74, 6) is -6.25. The number of nitrogens with two attached hydrogens (primary N) is 2. The van der Waals surface area contributed by atoms with Crippen molar-refractivity contribution in [1.29, 1.82) is 0 Å². The second kappa shape index (κ2) is 13.1. The van der Waals surface area contributed by atoms with Crippen molar-refractivity contribution in [2.45, 2.75) is 57.7 Å². The number of carbonyl (C=O) groups is 6. The lowest BCUT2D eigenvalue weighted by atomic mass is 10.0. The molecule has 0 aromatic carbocycles. The summed E-state index contributed by atoms with van der Waals surface area (Å²) in [6, 6.07) is -4.20. The first-order valence-electron chi connectivity index (χ1n) is 9.20. The van der Waals surface area contributed by atoms with Crippen molar-refractivity contribution in [3.05, 3.63) is 0 Å². The Morgan fingerprint density at radius 1 is 0.867 bits per heavy atom. The third kappa shape index (κ3) is 10.9. The summed E-state index contributed by atoms with van der Waals surface area (Å²) in [6.45, 7) is 3.03. The summed E-state index contributed by atoms with van der Waals surface area (Å²) >= 11 is 0. The number of hydrogen-bond acceptors (Lipinski definition) is 7. The van der Waals surface area contributed by atoms with Crippen molar-refractivity contribution in [2.24, 2.45) is 17.4 Å². The normalized spacial score (nSPS) is 13.6. The zero-order chi connectivity index (χ0) is 23.4. The van der Waals surface area contributed by atoms with Crippen LogP contribution in [0.2, 0.25) is 0 Å². The van der Waals surface area contributed by atoms with Crippen LogP contribution in [-0.2, 0) is 28.8 Å². The lowest BCUT2D eigenvalue weighted by molar-refractivity contribution is -0.144. The molecule has 3 atom stereocenters. The Morgan fingerprint density at radius 2 is 1.40 bits per heavy atom. The summed E-state index contributed by atoms with van der Waals surface area (Å²) in [7, 11) is 0. The van der Waals surface area contributed by atoms with Gasteiger partial charge in [-0.05, 0) is 18.8 Å². The van der Waals surface area contributed by atoms with Crippen molar-refractivity contribution in [3.8, 4) is 0 Å². The fourth-order valence-corrected chi connectivity index (χ4v) is 2.43. The van der Waals surface area contributed by atoms with Crippen LogP contribution in [0.25, 0.3) is 0 Å². The number of carboxylic acid groups (broad SMARTS) is 2. The Morgan fingerprint density at radius 3 is 1.83 bits per heavy atom. The monoisotopic (exact) mass is 431 g/mol. The molecule has 170 valence electrons. The van der Waals surface area contributed by atoms with E-state index < -0.39 is 66.7 Å². The highest BCUT2D eigenvalue weighted by Gasteiger charge is 2.31. The quantitative estimate of drug-likeness (QED) is 0.151. The third-order valence-corrected chi connectivity index (χ3v) is 3.85. The van der Waals surface area contributed by atoms with Crippen molar-refractivity contribution in [3.63, 3.8) is 0 Å². The summed E-state index contributed by atoms with van der Waals surface area (Å²) in [5, 5.41) is 24.9. The van der Waals surface area contributed by atoms with Gasteiger partial charge in [0.05, 0.1) is 13.0 Å². The average Bonchev–Trinajstić information content (AvgIpc) is 2.62. The number of hydrogen-bond donors (Lipinski definition) is 7. The SMILES string of the molecule is CC(C)CC(NC(=O)C(CC(=O)O)NC(=O)C(CCC(N)=O)NC(=O)CN)C(=O)O. The molecule has 13 heteroatoms. The molecular formula is C17H29N5O8. The molecule has 0 radical (unpaired) electrons. The standard InChI is InChI=1S/C17H29N5O8/c1-8(2)5-11(17(29)30)22-16(28)10(6-14(25)26)21-15(27)9(3-4-12(19)23)20-13(24)7-18/h8-11H,3-7,18H2,1-2H3,(H2,19,23)(H,20,24)(H,21,27)(H,22,28)(H,25,26)(H,29,30). The first-order valence-corrected chi connectivity index (χ1v) is 9.20. The minimum absolute atomic E-state index is 0.0800. The van der Waals surface area contributed by atoms with Crippen LogP contribution in [0.15, 0.2) is 0 Å². The molecule has 9 N–H and O–H groups in total. The van der Waals surface area contributed by atoms with Gasteiger partial charge in [0, 0.05) is 6.42 Å². The Balaban J connectivity index is 5.41. The predicted molar refractivity (Wildman–Crippen MR) is 103 cm³/mol. The highest BCUT2D eigenvalue weighted by Crippen LogP contribution is 2.07. The molecule has 0 heterocycles. The third-order valence-electron chi connectivity index (χ3n) is 3.85. The zero-order valence-electron chi connectivity index (χ0n) is 16.8. The van der Waals surface area contributed by atoms with Crippen LogP contribution in [0.4, 0.5) is 0 Å². The number of nitrogens with one attached hydrogen (secondary N) is 3. The maximum absolute atomic E-state index is 12.5. The Hall–Kier alpha value is -3.22. The first-order chi connectivity index (χ1) is 13.9. The van der Waals surface area contributed by atoms with Gasteiger partial charge in [-0.25, -0.2) is 4.79 Å². The van der Waals surface area contributed by atoms with Gasteiger partial charge in [0.2, 0.25) is 23.6 Å². The van der Waals surface area contributed by atoms with Gasteiger partial charge in [-0.2, -0.15) is 0 Å². The molecule has 3 unspecified atom stereocenters. The van der Waals surface area contributed by atoms with Crippen LogP contribution >= 0.6 is 0 Å². The molecule has 0 saturated heterocycles. The molecule has 0 fully saturated rings. The van der Waals surface area contributed by atoms with Gasteiger partial charge in [-0.1, -0.05) is 13.8 Å². The van der Waals surface area contributed by atoms with Crippen LogP contribution in [0.3, 0.4) is 0 Å². The van der Waals surface area contributed by atoms with E-state index in [2.05, 4.69) is 16.0 Å². The van der Waals surface area contributed by atoms with Gasteiger partial charge < -0.3 is 37.6 Å². The number of amides is 4. The topological polar surface area (TPSA) is 231 Å².